The highest BCUT2D eigenvalue weighted by atomic mass is 19.1. The Bertz CT molecular complexity index is 412. The molecule has 1 atom stereocenters. The Morgan fingerprint density at radius 2 is 1.95 bits per heavy atom. The van der Waals surface area contributed by atoms with E-state index in [1.54, 1.807) is 14.0 Å². The molecule has 1 aliphatic carbocycles. The molecule has 1 aromatic rings. The van der Waals surface area contributed by atoms with E-state index in [2.05, 4.69) is 5.32 Å². The van der Waals surface area contributed by atoms with Gasteiger partial charge in [0.2, 0.25) is 0 Å². The van der Waals surface area contributed by atoms with Gasteiger partial charge in [-0.3, -0.25) is 0 Å². The SMILES string of the molecule is COCCC1(CNC(C)c2c(F)cccc2F)CC1. The van der Waals surface area contributed by atoms with Crippen LogP contribution in [0.1, 0.15) is 37.8 Å². The molecule has 19 heavy (non-hydrogen) atoms. The number of benzene rings is 1. The third-order valence-electron chi connectivity index (χ3n) is 4.01. The second-order valence-electron chi connectivity index (χ2n) is 5.48. The Labute approximate surface area is 113 Å². The topological polar surface area (TPSA) is 21.3 Å². The van der Waals surface area contributed by atoms with Crippen molar-refractivity contribution in [3.05, 3.63) is 35.4 Å². The highest BCUT2D eigenvalue weighted by Crippen LogP contribution is 2.48. The summed E-state index contributed by atoms with van der Waals surface area (Å²) < 4.78 is 32.4. The van der Waals surface area contributed by atoms with Gasteiger partial charge in [-0.05, 0) is 43.7 Å². The van der Waals surface area contributed by atoms with Crippen molar-refractivity contribution in [1.29, 1.82) is 0 Å². The van der Waals surface area contributed by atoms with Crippen molar-refractivity contribution in [2.75, 3.05) is 20.3 Å². The lowest BCUT2D eigenvalue weighted by atomic mass is 10.0. The zero-order valence-corrected chi connectivity index (χ0v) is 11.5. The van der Waals surface area contributed by atoms with Crippen molar-refractivity contribution in [1.82, 2.24) is 5.32 Å². The molecule has 106 valence electrons. The summed E-state index contributed by atoms with van der Waals surface area (Å²) in [4.78, 5) is 0. The molecule has 1 unspecified atom stereocenters. The number of halogens is 2. The Kier molecular flexibility index (Phi) is 4.53. The maximum absolute atomic E-state index is 13.6. The molecule has 0 amide bonds. The van der Waals surface area contributed by atoms with Crippen molar-refractivity contribution >= 4 is 0 Å². The van der Waals surface area contributed by atoms with Gasteiger partial charge in [0.05, 0.1) is 0 Å². The Morgan fingerprint density at radius 1 is 1.32 bits per heavy atom. The normalized spacial score (nSPS) is 18.3. The molecule has 4 heteroatoms. The van der Waals surface area contributed by atoms with E-state index in [1.807, 2.05) is 0 Å². The highest BCUT2D eigenvalue weighted by molar-refractivity contribution is 5.22. The molecule has 0 heterocycles. The van der Waals surface area contributed by atoms with Crippen LogP contribution in [-0.4, -0.2) is 20.3 Å². The second-order valence-corrected chi connectivity index (χ2v) is 5.48. The fraction of sp³-hybridized carbons (Fsp3) is 0.600. The highest BCUT2D eigenvalue weighted by Gasteiger charge is 2.41. The van der Waals surface area contributed by atoms with Gasteiger partial charge >= 0.3 is 0 Å². The molecule has 2 rings (SSSR count). The summed E-state index contributed by atoms with van der Waals surface area (Å²) in [6, 6.07) is 3.67. The first-order chi connectivity index (χ1) is 9.08. The van der Waals surface area contributed by atoms with Crippen LogP contribution >= 0.6 is 0 Å². The minimum atomic E-state index is -0.485. The monoisotopic (exact) mass is 269 g/mol. The Morgan fingerprint density at radius 3 is 2.47 bits per heavy atom. The largest absolute Gasteiger partial charge is 0.385 e. The molecule has 1 aliphatic rings. The summed E-state index contributed by atoms with van der Waals surface area (Å²) in [6.07, 6.45) is 3.33. The molecule has 2 nitrogen and oxygen atoms in total. The van der Waals surface area contributed by atoms with Crippen molar-refractivity contribution in [3.8, 4) is 0 Å². The predicted molar refractivity (Wildman–Crippen MR) is 70.9 cm³/mol. The fourth-order valence-corrected chi connectivity index (χ4v) is 2.41. The number of nitrogens with one attached hydrogen (secondary N) is 1. The van der Waals surface area contributed by atoms with Gasteiger partial charge < -0.3 is 10.1 Å². The molecule has 1 N–H and O–H groups in total. The minimum absolute atomic E-state index is 0.130. The molecule has 0 bridgehead atoms. The molecule has 0 saturated heterocycles. The van der Waals surface area contributed by atoms with Crippen LogP contribution in [0.25, 0.3) is 0 Å². The first kappa shape index (κ1) is 14.4. The van der Waals surface area contributed by atoms with Gasteiger partial charge in [-0.2, -0.15) is 0 Å². The molecule has 1 aromatic carbocycles. The average Bonchev–Trinajstić information content (AvgIpc) is 3.14. The lowest BCUT2D eigenvalue weighted by Gasteiger charge is -2.21. The molecular weight excluding hydrogens is 248 g/mol. The third kappa shape index (κ3) is 3.51. The molecule has 1 fully saturated rings. The van der Waals surface area contributed by atoms with Crippen molar-refractivity contribution in [2.24, 2.45) is 5.41 Å². The van der Waals surface area contributed by atoms with Gasteiger partial charge in [-0.15, -0.1) is 0 Å². The van der Waals surface area contributed by atoms with Crippen LogP contribution in [0, 0.1) is 17.0 Å². The van der Waals surface area contributed by atoms with Gasteiger partial charge in [0.25, 0.3) is 0 Å². The lowest BCUT2D eigenvalue weighted by Crippen LogP contribution is -2.28. The first-order valence-corrected chi connectivity index (χ1v) is 6.74. The van der Waals surface area contributed by atoms with Gasteiger partial charge in [-0.1, -0.05) is 6.07 Å². The average molecular weight is 269 g/mol. The summed E-state index contributed by atoms with van der Waals surface area (Å²) >= 11 is 0. The van der Waals surface area contributed by atoms with E-state index in [9.17, 15) is 8.78 Å². The minimum Gasteiger partial charge on any atom is -0.385 e. The number of ether oxygens (including phenoxy) is 1. The van der Waals surface area contributed by atoms with Crippen molar-refractivity contribution in [3.63, 3.8) is 0 Å². The first-order valence-electron chi connectivity index (χ1n) is 6.74. The van der Waals surface area contributed by atoms with Crippen molar-refractivity contribution in [2.45, 2.75) is 32.2 Å². The lowest BCUT2D eigenvalue weighted by molar-refractivity contribution is 0.170. The van der Waals surface area contributed by atoms with Crippen LogP contribution in [0.3, 0.4) is 0 Å². The maximum Gasteiger partial charge on any atom is 0.130 e. The van der Waals surface area contributed by atoms with Crippen LogP contribution < -0.4 is 5.32 Å². The standard InChI is InChI=1S/C15H21F2NO/c1-11(14-12(16)4-3-5-13(14)17)18-10-15(6-7-15)8-9-19-2/h3-5,11,18H,6-10H2,1-2H3. The number of hydrogen-bond acceptors (Lipinski definition) is 2. The quantitative estimate of drug-likeness (QED) is 0.818. The summed E-state index contributed by atoms with van der Waals surface area (Å²) in [7, 11) is 1.70. The Balaban J connectivity index is 1.93. The number of methoxy groups -OCH3 is 1. The molecule has 0 aromatic heterocycles. The summed E-state index contributed by atoms with van der Waals surface area (Å²) in [5.74, 6) is -0.969. The third-order valence-corrected chi connectivity index (χ3v) is 4.01. The molecule has 0 radical (unpaired) electrons. The molecule has 1 saturated carbocycles. The van der Waals surface area contributed by atoms with Crippen LogP contribution in [0.5, 0.6) is 0 Å². The van der Waals surface area contributed by atoms with E-state index >= 15 is 0 Å². The molecule has 0 aliphatic heterocycles. The van der Waals surface area contributed by atoms with Crippen LogP contribution in [0.4, 0.5) is 8.78 Å². The molecular formula is C15H21F2NO. The number of rotatable bonds is 7. The smallest absolute Gasteiger partial charge is 0.130 e. The van der Waals surface area contributed by atoms with E-state index < -0.39 is 11.6 Å². The van der Waals surface area contributed by atoms with E-state index in [0.717, 1.165) is 32.4 Å². The second kappa shape index (κ2) is 5.97. The zero-order valence-electron chi connectivity index (χ0n) is 11.5. The van der Waals surface area contributed by atoms with Gasteiger partial charge in [0.1, 0.15) is 11.6 Å². The zero-order chi connectivity index (χ0) is 13.9. The van der Waals surface area contributed by atoms with E-state index in [1.165, 1.54) is 18.2 Å². The van der Waals surface area contributed by atoms with E-state index in [-0.39, 0.29) is 17.0 Å². The summed E-state index contributed by atoms with van der Waals surface area (Å²) in [6.45, 7) is 3.32. The van der Waals surface area contributed by atoms with Gasteiger partial charge in [0, 0.05) is 31.9 Å². The van der Waals surface area contributed by atoms with Crippen molar-refractivity contribution < 1.29 is 13.5 Å². The maximum atomic E-state index is 13.6. The van der Waals surface area contributed by atoms with E-state index in [0.29, 0.717) is 0 Å². The molecule has 0 spiro atoms. The van der Waals surface area contributed by atoms with Gasteiger partial charge in [0.15, 0.2) is 0 Å². The van der Waals surface area contributed by atoms with E-state index in [4.69, 9.17) is 4.74 Å². The Hall–Kier alpha value is -1.00. The van der Waals surface area contributed by atoms with Crippen LogP contribution in [-0.2, 0) is 4.74 Å². The summed E-state index contributed by atoms with van der Waals surface area (Å²) in [5, 5.41) is 3.26. The number of hydrogen-bond donors (Lipinski definition) is 1. The van der Waals surface area contributed by atoms with Crippen LogP contribution in [0.2, 0.25) is 0 Å². The summed E-state index contributed by atoms with van der Waals surface area (Å²) in [5.41, 5.74) is 0.400. The predicted octanol–water partition coefficient (Wildman–Crippen LogP) is 3.43. The van der Waals surface area contributed by atoms with Crippen LogP contribution in [0.15, 0.2) is 18.2 Å². The fourth-order valence-electron chi connectivity index (χ4n) is 2.41. The van der Waals surface area contributed by atoms with Gasteiger partial charge in [-0.25, -0.2) is 8.78 Å².